The van der Waals surface area contributed by atoms with Crippen LogP contribution in [0.25, 0.3) is 10.9 Å². The Morgan fingerprint density at radius 1 is 1.20 bits per heavy atom. The second-order valence-corrected chi connectivity index (χ2v) is 8.39. The van der Waals surface area contributed by atoms with Crippen molar-refractivity contribution in [2.75, 3.05) is 12.4 Å². The van der Waals surface area contributed by atoms with Crippen LogP contribution in [0.4, 0.5) is 0 Å². The summed E-state index contributed by atoms with van der Waals surface area (Å²) in [5, 5.41) is 2.10. The Balaban J connectivity index is 1.74. The largest absolute Gasteiger partial charge is 0.377 e. The zero-order valence-electron chi connectivity index (χ0n) is 14.2. The summed E-state index contributed by atoms with van der Waals surface area (Å²) in [7, 11) is 0. The molecular weight excluding hydrogens is 356 g/mol. The van der Waals surface area contributed by atoms with Gasteiger partial charge in [-0.05, 0) is 43.9 Å². The number of hydrogen-bond acceptors (Lipinski definition) is 4. The topological polar surface area (TPSA) is 44.1 Å². The third-order valence-corrected chi connectivity index (χ3v) is 6.51. The normalized spacial score (nSPS) is 21.9. The fraction of sp³-hybridized carbons (Fsp3) is 0.579. The van der Waals surface area contributed by atoms with Gasteiger partial charge < -0.3 is 4.74 Å². The van der Waals surface area contributed by atoms with Gasteiger partial charge in [0.2, 0.25) is 0 Å². The highest BCUT2D eigenvalue weighted by Gasteiger charge is 2.23. The van der Waals surface area contributed by atoms with Gasteiger partial charge in [0, 0.05) is 23.4 Å². The van der Waals surface area contributed by atoms with Crippen molar-refractivity contribution in [2.45, 2.75) is 62.2 Å². The lowest BCUT2D eigenvalue weighted by molar-refractivity contribution is 0.128. The van der Waals surface area contributed by atoms with Crippen LogP contribution in [0, 0.1) is 0 Å². The lowest BCUT2D eigenvalue weighted by atomic mass is 9.95. The molecule has 2 aliphatic rings. The summed E-state index contributed by atoms with van der Waals surface area (Å²) in [6.07, 6.45) is 8.26. The van der Waals surface area contributed by atoms with Crippen molar-refractivity contribution in [1.29, 1.82) is 0 Å². The highest BCUT2D eigenvalue weighted by Crippen LogP contribution is 2.32. The minimum Gasteiger partial charge on any atom is -0.377 e. The van der Waals surface area contributed by atoms with E-state index in [-0.39, 0.29) is 17.7 Å². The summed E-state index contributed by atoms with van der Waals surface area (Å²) in [6.45, 7) is 0.849. The van der Waals surface area contributed by atoms with Gasteiger partial charge in [0.1, 0.15) is 0 Å². The molecule has 134 valence electrons. The van der Waals surface area contributed by atoms with E-state index < -0.39 is 0 Å². The highest BCUT2D eigenvalue weighted by molar-refractivity contribution is 7.99. The minimum absolute atomic E-state index is 0.0726. The van der Waals surface area contributed by atoms with Gasteiger partial charge in [0.25, 0.3) is 5.56 Å². The summed E-state index contributed by atoms with van der Waals surface area (Å²) in [4.78, 5) is 18.0. The van der Waals surface area contributed by atoms with Crippen LogP contribution in [0.15, 0.2) is 28.2 Å². The number of halogens is 1. The maximum atomic E-state index is 13.2. The zero-order chi connectivity index (χ0) is 17.2. The van der Waals surface area contributed by atoms with Gasteiger partial charge in [-0.1, -0.05) is 42.6 Å². The molecule has 4 rings (SSSR count). The number of hydrogen-bond donors (Lipinski definition) is 0. The molecule has 1 saturated heterocycles. The van der Waals surface area contributed by atoms with E-state index >= 15 is 0 Å². The predicted molar refractivity (Wildman–Crippen MR) is 103 cm³/mol. The van der Waals surface area contributed by atoms with E-state index in [4.69, 9.17) is 21.3 Å². The van der Waals surface area contributed by atoms with Gasteiger partial charge >= 0.3 is 0 Å². The number of fused-ring (bicyclic) bond motifs is 1. The average Bonchev–Trinajstić information content (AvgIpc) is 3.14. The van der Waals surface area contributed by atoms with Crippen LogP contribution in [0.1, 0.15) is 51.0 Å². The van der Waals surface area contributed by atoms with Crippen molar-refractivity contribution >= 4 is 34.3 Å². The van der Waals surface area contributed by atoms with E-state index in [1.165, 1.54) is 19.3 Å². The first-order chi connectivity index (χ1) is 12.2. The number of nitrogens with zero attached hydrogens (tertiary/aromatic N) is 2. The van der Waals surface area contributed by atoms with Crippen molar-refractivity contribution in [1.82, 2.24) is 9.55 Å². The molecule has 1 aromatic heterocycles. The molecule has 1 atom stereocenters. The highest BCUT2D eigenvalue weighted by atomic mass is 35.5. The molecule has 1 saturated carbocycles. The second-order valence-electron chi connectivity index (χ2n) is 6.97. The van der Waals surface area contributed by atoms with E-state index in [1.807, 2.05) is 4.57 Å². The van der Waals surface area contributed by atoms with Crippen molar-refractivity contribution in [2.24, 2.45) is 0 Å². The van der Waals surface area contributed by atoms with Crippen LogP contribution in [0.3, 0.4) is 0 Å². The number of thioether (sulfide) groups is 1. The van der Waals surface area contributed by atoms with E-state index in [2.05, 4.69) is 0 Å². The van der Waals surface area contributed by atoms with Crippen LogP contribution < -0.4 is 5.56 Å². The monoisotopic (exact) mass is 378 g/mol. The Hall–Kier alpha value is -1.04. The first-order valence-electron chi connectivity index (χ1n) is 9.18. The molecule has 6 heteroatoms. The molecule has 2 aromatic rings. The SMILES string of the molecule is O=c1c2ccc(Cl)cc2nc(SC[C@@H]2CCCO2)n1C1CCCCC1. The van der Waals surface area contributed by atoms with E-state index in [0.29, 0.717) is 15.9 Å². The smallest absolute Gasteiger partial charge is 0.262 e. The van der Waals surface area contributed by atoms with Crippen LogP contribution in [-0.2, 0) is 4.74 Å². The van der Waals surface area contributed by atoms with Gasteiger partial charge in [-0.2, -0.15) is 0 Å². The fourth-order valence-electron chi connectivity index (χ4n) is 3.86. The summed E-state index contributed by atoms with van der Waals surface area (Å²) in [5.74, 6) is 0.852. The summed E-state index contributed by atoms with van der Waals surface area (Å²) in [5.41, 5.74) is 0.766. The van der Waals surface area contributed by atoms with Gasteiger partial charge in [-0.3, -0.25) is 9.36 Å². The van der Waals surface area contributed by atoms with Gasteiger partial charge in [0.15, 0.2) is 5.16 Å². The molecule has 0 radical (unpaired) electrons. The molecule has 2 heterocycles. The van der Waals surface area contributed by atoms with Crippen LogP contribution in [0.2, 0.25) is 5.02 Å². The maximum Gasteiger partial charge on any atom is 0.262 e. The molecule has 1 aliphatic carbocycles. The average molecular weight is 379 g/mol. The molecule has 1 aromatic carbocycles. The van der Waals surface area contributed by atoms with Crippen LogP contribution >= 0.6 is 23.4 Å². The number of rotatable bonds is 4. The first kappa shape index (κ1) is 17.4. The van der Waals surface area contributed by atoms with Gasteiger partial charge in [0.05, 0.1) is 17.0 Å². The molecule has 0 spiro atoms. The lowest BCUT2D eigenvalue weighted by Crippen LogP contribution is -2.29. The number of benzene rings is 1. The summed E-state index contributed by atoms with van der Waals surface area (Å²) >= 11 is 7.77. The molecule has 2 fully saturated rings. The second kappa shape index (κ2) is 7.68. The molecule has 4 nitrogen and oxygen atoms in total. The van der Waals surface area contributed by atoms with Crippen molar-refractivity contribution < 1.29 is 4.74 Å². The van der Waals surface area contributed by atoms with Crippen molar-refractivity contribution in [3.63, 3.8) is 0 Å². The Morgan fingerprint density at radius 3 is 2.80 bits per heavy atom. The molecule has 0 unspecified atom stereocenters. The molecular formula is C19H23ClN2O2S. The standard InChI is InChI=1S/C19H23ClN2O2S/c20-13-8-9-16-17(11-13)21-19(25-12-15-7-4-10-24-15)22(18(16)23)14-5-2-1-3-6-14/h8-9,11,14-15H,1-7,10,12H2/t15-/m0/s1. The zero-order valence-corrected chi connectivity index (χ0v) is 15.8. The van der Waals surface area contributed by atoms with Crippen LogP contribution in [0.5, 0.6) is 0 Å². The third kappa shape index (κ3) is 3.74. The Morgan fingerprint density at radius 2 is 2.04 bits per heavy atom. The summed E-state index contributed by atoms with van der Waals surface area (Å²) in [6, 6.07) is 5.64. The Bertz CT molecular complexity index is 811. The Kier molecular flexibility index (Phi) is 5.34. The predicted octanol–water partition coefficient (Wildman–Crippen LogP) is 4.83. The van der Waals surface area contributed by atoms with E-state index in [0.717, 1.165) is 43.2 Å². The molecule has 25 heavy (non-hydrogen) atoms. The number of aromatic nitrogens is 2. The lowest BCUT2D eigenvalue weighted by Gasteiger charge is -2.26. The molecule has 0 amide bonds. The quantitative estimate of drug-likeness (QED) is 0.564. The van der Waals surface area contributed by atoms with E-state index in [1.54, 1.807) is 30.0 Å². The fourth-order valence-corrected chi connectivity index (χ4v) is 5.16. The Labute approximate surface area is 156 Å². The van der Waals surface area contributed by atoms with Crippen molar-refractivity contribution in [3.05, 3.63) is 33.6 Å². The third-order valence-electron chi connectivity index (χ3n) is 5.19. The van der Waals surface area contributed by atoms with E-state index in [9.17, 15) is 4.79 Å². The minimum atomic E-state index is 0.0726. The van der Waals surface area contributed by atoms with Crippen LogP contribution in [-0.4, -0.2) is 28.0 Å². The van der Waals surface area contributed by atoms with Gasteiger partial charge in [-0.25, -0.2) is 4.98 Å². The molecule has 0 N–H and O–H groups in total. The molecule has 0 bridgehead atoms. The maximum absolute atomic E-state index is 13.2. The first-order valence-corrected chi connectivity index (χ1v) is 10.5. The number of ether oxygens (including phenoxy) is 1. The summed E-state index contributed by atoms with van der Waals surface area (Å²) < 4.78 is 7.69. The van der Waals surface area contributed by atoms with Gasteiger partial charge in [-0.15, -0.1) is 0 Å². The molecule has 1 aliphatic heterocycles. The van der Waals surface area contributed by atoms with Crippen molar-refractivity contribution in [3.8, 4) is 0 Å².